The highest BCUT2D eigenvalue weighted by molar-refractivity contribution is 5.09. The van der Waals surface area contributed by atoms with Crippen molar-refractivity contribution >= 4 is 0 Å². The van der Waals surface area contributed by atoms with Crippen molar-refractivity contribution in [1.82, 2.24) is 9.88 Å². The fourth-order valence-corrected chi connectivity index (χ4v) is 2.90. The van der Waals surface area contributed by atoms with E-state index in [9.17, 15) is 0 Å². The molecule has 0 spiro atoms. The zero-order chi connectivity index (χ0) is 12.6. The van der Waals surface area contributed by atoms with Gasteiger partial charge in [0.05, 0.1) is 0 Å². The number of rotatable bonds is 6. The number of pyridine rings is 1. The minimum atomic E-state index is 0.748. The molecule has 0 aromatic carbocycles. The van der Waals surface area contributed by atoms with Crippen molar-refractivity contribution in [2.45, 2.75) is 38.6 Å². The molecule has 2 N–H and O–H groups in total. The highest BCUT2D eigenvalue weighted by Crippen LogP contribution is 2.24. The van der Waals surface area contributed by atoms with Gasteiger partial charge in [-0.1, -0.05) is 19.3 Å². The van der Waals surface area contributed by atoms with Crippen LogP contribution in [0.25, 0.3) is 0 Å². The average molecular weight is 247 g/mol. The summed E-state index contributed by atoms with van der Waals surface area (Å²) in [5.74, 6) is 0.882. The van der Waals surface area contributed by atoms with Crippen molar-refractivity contribution in [3.05, 3.63) is 30.1 Å². The number of aromatic nitrogens is 1. The van der Waals surface area contributed by atoms with E-state index in [0.717, 1.165) is 25.6 Å². The maximum atomic E-state index is 5.73. The van der Waals surface area contributed by atoms with Gasteiger partial charge in [-0.2, -0.15) is 0 Å². The summed E-state index contributed by atoms with van der Waals surface area (Å²) < 4.78 is 0. The molecular weight excluding hydrogens is 222 g/mol. The molecule has 1 aliphatic rings. The third-order valence-corrected chi connectivity index (χ3v) is 3.84. The van der Waals surface area contributed by atoms with Crippen LogP contribution in [-0.4, -0.2) is 29.5 Å². The van der Waals surface area contributed by atoms with Crippen molar-refractivity contribution in [2.75, 3.05) is 19.6 Å². The number of hydrogen-bond donors (Lipinski definition) is 1. The molecule has 0 aliphatic heterocycles. The summed E-state index contributed by atoms with van der Waals surface area (Å²) in [6, 6.07) is 4.20. The molecule has 0 amide bonds. The van der Waals surface area contributed by atoms with E-state index in [2.05, 4.69) is 22.0 Å². The van der Waals surface area contributed by atoms with Crippen LogP contribution < -0.4 is 5.73 Å². The fraction of sp³-hybridized carbons (Fsp3) is 0.667. The van der Waals surface area contributed by atoms with Gasteiger partial charge < -0.3 is 5.73 Å². The SMILES string of the molecule is NCCN(Cc1ccncc1)CC1CCCCC1. The molecule has 0 radical (unpaired) electrons. The Bertz CT molecular complexity index is 320. The van der Waals surface area contributed by atoms with Crippen LogP contribution in [0.15, 0.2) is 24.5 Å². The Morgan fingerprint density at radius 2 is 1.89 bits per heavy atom. The van der Waals surface area contributed by atoms with E-state index in [1.807, 2.05) is 12.4 Å². The Kier molecular flexibility index (Phi) is 5.62. The molecular formula is C15H25N3. The summed E-state index contributed by atoms with van der Waals surface area (Å²) in [4.78, 5) is 6.58. The summed E-state index contributed by atoms with van der Waals surface area (Å²) >= 11 is 0. The molecule has 1 fully saturated rings. The van der Waals surface area contributed by atoms with Crippen LogP contribution in [0.4, 0.5) is 0 Å². The first-order chi connectivity index (χ1) is 8.88. The van der Waals surface area contributed by atoms with Gasteiger partial charge in [0.1, 0.15) is 0 Å². The van der Waals surface area contributed by atoms with E-state index >= 15 is 0 Å². The second-order valence-electron chi connectivity index (χ2n) is 5.38. The molecule has 1 heterocycles. The van der Waals surface area contributed by atoms with Gasteiger partial charge in [-0.05, 0) is 36.5 Å². The van der Waals surface area contributed by atoms with Gasteiger partial charge in [-0.15, -0.1) is 0 Å². The lowest BCUT2D eigenvalue weighted by Gasteiger charge is -2.29. The molecule has 3 nitrogen and oxygen atoms in total. The smallest absolute Gasteiger partial charge is 0.0271 e. The molecule has 3 heteroatoms. The van der Waals surface area contributed by atoms with Gasteiger partial charge in [-0.25, -0.2) is 0 Å². The van der Waals surface area contributed by atoms with Crippen molar-refractivity contribution in [1.29, 1.82) is 0 Å². The van der Waals surface area contributed by atoms with Gasteiger partial charge >= 0.3 is 0 Å². The number of nitrogens with two attached hydrogens (primary N) is 1. The van der Waals surface area contributed by atoms with Crippen molar-refractivity contribution < 1.29 is 0 Å². The normalized spacial score (nSPS) is 17.2. The molecule has 0 unspecified atom stereocenters. The maximum absolute atomic E-state index is 5.73. The predicted molar refractivity (Wildman–Crippen MR) is 75.1 cm³/mol. The monoisotopic (exact) mass is 247 g/mol. The molecule has 1 saturated carbocycles. The van der Waals surface area contributed by atoms with E-state index in [1.54, 1.807) is 0 Å². The van der Waals surface area contributed by atoms with E-state index in [1.165, 1.54) is 44.2 Å². The first kappa shape index (κ1) is 13.5. The molecule has 1 aliphatic carbocycles. The lowest BCUT2D eigenvalue weighted by atomic mass is 9.89. The molecule has 1 aromatic rings. The van der Waals surface area contributed by atoms with Gasteiger partial charge in [-0.3, -0.25) is 9.88 Å². The highest BCUT2D eigenvalue weighted by atomic mass is 15.1. The maximum Gasteiger partial charge on any atom is 0.0271 e. The molecule has 18 heavy (non-hydrogen) atoms. The second-order valence-corrected chi connectivity index (χ2v) is 5.38. The molecule has 0 saturated heterocycles. The lowest BCUT2D eigenvalue weighted by molar-refractivity contribution is 0.198. The van der Waals surface area contributed by atoms with Gasteiger partial charge in [0.25, 0.3) is 0 Å². The summed E-state index contributed by atoms with van der Waals surface area (Å²) in [6.45, 7) is 3.96. The van der Waals surface area contributed by atoms with Crippen LogP contribution >= 0.6 is 0 Å². The standard InChI is InChI=1S/C15H25N3/c16-8-11-18(12-14-4-2-1-3-5-14)13-15-6-9-17-10-7-15/h6-7,9-10,14H,1-5,8,11-13,16H2. The Labute approximate surface area is 110 Å². The van der Waals surface area contributed by atoms with Crippen LogP contribution in [0.3, 0.4) is 0 Å². The van der Waals surface area contributed by atoms with E-state index in [4.69, 9.17) is 5.73 Å². The summed E-state index contributed by atoms with van der Waals surface area (Å²) in [6.07, 6.45) is 10.8. The van der Waals surface area contributed by atoms with Crippen LogP contribution in [0.1, 0.15) is 37.7 Å². The third kappa shape index (κ3) is 4.39. The Balaban J connectivity index is 1.86. The Morgan fingerprint density at radius 1 is 1.17 bits per heavy atom. The molecule has 1 aromatic heterocycles. The first-order valence-electron chi connectivity index (χ1n) is 7.20. The lowest BCUT2D eigenvalue weighted by Crippen LogP contribution is -2.34. The summed E-state index contributed by atoms with van der Waals surface area (Å²) in [7, 11) is 0. The van der Waals surface area contributed by atoms with Crippen LogP contribution in [0.2, 0.25) is 0 Å². The minimum Gasteiger partial charge on any atom is -0.329 e. The second kappa shape index (κ2) is 7.49. The Morgan fingerprint density at radius 3 is 2.56 bits per heavy atom. The Hall–Kier alpha value is -0.930. The third-order valence-electron chi connectivity index (χ3n) is 3.84. The van der Waals surface area contributed by atoms with Crippen molar-refractivity contribution in [3.8, 4) is 0 Å². The minimum absolute atomic E-state index is 0.748. The molecule has 0 bridgehead atoms. The topological polar surface area (TPSA) is 42.1 Å². The molecule has 2 rings (SSSR count). The van der Waals surface area contributed by atoms with Crippen molar-refractivity contribution in [2.24, 2.45) is 11.7 Å². The highest BCUT2D eigenvalue weighted by Gasteiger charge is 2.17. The zero-order valence-corrected chi connectivity index (χ0v) is 11.2. The largest absolute Gasteiger partial charge is 0.329 e. The van der Waals surface area contributed by atoms with Gasteiger partial charge in [0, 0.05) is 38.6 Å². The van der Waals surface area contributed by atoms with Crippen LogP contribution in [0, 0.1) is 5.92 Å². The van der Waals surface area contributed by atoms with Crippen LogP contribution in [-0.2, 0) is 6.54 Å². The predicted octanol–water partition coefficient (Wildman–Crippen LogP) is 2.42. The first-order valence-corrected chi connectivity index (χ1v) is 7.20. The van der Waals surface area contributed by atoms with E-state index in [0.29, 0.717) is 0 Å². The molecule has 0 atom stereocenters. The summed E-state index contributed by atoms with van der Waals surface area (Å²) in [5, 5.41) is 0. The van der Waals surface area contributed by atoms with Crippen molar-refractivity contribution in [3.63, 3.8) is 0 Å². The fourth-order valence-electron chi connectivity index (χ4n) is 2.90. The van der Waals surface area contributed by atoms with E-state index in [-0.39, 0.29) is 0 Å². The quantitative estimate of drug-likeness (QED) is 0.839. The zero-order valence-electron chi connectivity index (χ0n) is 11.2. The number of hydrogen-bond acceptors (Lipinski definition) is 3. The average Bonchev–Trinajstić information content (AvgIpc) is 2.41. The molecule has 100 valence electrons. The van der Waals surface area contributed by atoms with Gasteiger partial charge in [0.15, 0.2) is 0 Å². The van der Waals surface area contributed by atoms with E-state index < -0.39 is 0 Å². The number of nitrogens with zero attached hydrogens (tertiary/aromatic N) is 2. The van der Waals surface area contributed by atoms with Crippen LogP contribution in [0.5, 0.6) is 0 Å². The van der Waals surface area contributed by atoms with Gasteiger partial charge in [0.2, 0.25) is 0 Å². The summed E-state index contributed by atoms with van der Waals surface area (Å²) in [5.41, 5.74) is 7.08.